The number of nitrogens with two attached hydrogens (primary N) is 1. The topological polar surface area (TPSA) is 70.8 Å². The Morgan fingerprint density at radius 1 is 1.30 bits per heavy atom. The molecule has 1 aromatic carbocycles. The van der Waals surface area contributed by atoms with Gasteiger partial charge in [0.2, 0.25) is 0 Å². The van der Waals surface area contributed by atoms with Crippen molar-refractivity contribution < 1.29 is 19.0 Å². The van der Waals surface area contributed by atoms with Gasteiger partial charge in [-0.15, -0.1) is 12.4 Å². The van der Waals surface area contributed by atoms with Gasteiger partial charge in [-0.1, -0.05) is 6.07 Å². The fourth-order valence-electron chi connectivity index (χ4n) is 2.06. The first-order chi connectivity index (χ1) is 8.96. The summed E-state index contributed by atoms with van der Waals surface area (Å²) in [7, 11) is 1.36. The third kappa shape index (κ3) is 2.99. The highest BCUT2D eigenvalue weighted by molar-refractivity contribution is 5.85. The van der Waals surface area contributed by atoms with Crippen LogP contribution in [0, 0.1) is 5.41 Å². The molecule has 1 atom stereocenters. The number of benzene rings is 1. The molecule has 0 aromatic heterocycles. The summed E-state index contributed by atoms with van der Waals surface area (Å²) in [6, 6.07) is 5.01. The molecule has 0 aliphatic carbocycles. The van der Waals surface area contributed by atoms with Gasteiger partial charge in [0.1, 0.15) is 13.2 Å². The Morgan fingerprint density at radius 3 is 2.50 bits per heavy atom. The van der Waals surface area contributed by atoms with Gasteiger partial charge < -0.3 is 19.9 Å². The van der Waals surface area contributed by atoms with E-state index in [0.717, 1.165) is 5.56 Å². The van der Waals surface area contributed by atoms with E-state index >= 15 is 0 Å². The van der Waals surface area contributed by atoms with Crippen molar-refractivity contribution in [2.75, 3.05) is 20.3 Å². The summed E-state index contributed by atoms with van der Waals surface area (Å²) < 4.78 is 15.8. The van der Waals surface area contributed by atoms with Crippen LogP contribution >= 0.6 is 12.4 Å². The van der Waals surface area contributed by atoms with Gasteiger partial charge in [-0.25, -0.2) is 0 Å². The molecule has 0 unspecified atom stereocenters. The van der Waals surface area contributed by atoms with Crippen molar-refractivity contribution in [1.82, 2.24) is 0 Å². The summed E-state index contributed by atoms with van der Waals surface area (Å²) in [4.78, 5) is 11.8. The molecule has 20 heavy (non-hydrogen) atoms. The fraction of sp³-hybridized carbons (Fsp3) is 0.500. The molecular formula is C14H20ClNO4. The van der Waals surface area contributed by atoms with Crippen LogP contribution in [0.2, 0.25) is 0 Å². The number of esters is 1. The fourth-order valence-corrected chi connectivity index (χ4v) is 2.06. The highest BCUT2D eigenvalue weighted by atomic mass is 35.5. The molecule has 2 N–H and O–H groups in total. The van der Waals surface area contributed by atoms with Gasteiger partial charge in [-0.2, -0.15) is 0 Å². The molecule has 1 aromatic rings. The highest BCUT2D eigenvalue weighted by Crippen LogP contribution is 2.37. The van der Waals surface area contributed by atoms with Gasteiger partial charge in [0.25, 0.3) is 0 Å². The van der Waals surface area contributed by atoms with Gasteiger partial charge in [-0.05, 0) is 31.5 Å². The number of carbonyl (C=O) groups excluding carboxylic acids is 1. The van der Waals surface area contributed by atoms with Crippen molar-refractivity contribution >= 4 is 18.4 Å². The Hall–Kier alpha value is -1.46. The molecule has 1 heterocycles. The molecule has 0 radical (unpaired) electrons. The van der Waals surface area contributed by atoms with Crippen molar-refractivity contribution in [2.24, 2.45) is 11.1 Å². The van der Waals surface area contributed by atoms with Crippen LogP contribution in [-0.2, 0) is 9.53 Å². The van der Waals surface area contributed by atoms with Crippen LogP contribution in [0.3, 0.4) is 0 Å². The Kier molecular flexibility index (Phi) is 5.25. The number of hydrogen-bond donors (Lipinski definition) is 1. The van der Waals surface area contributed by atoms with Crippen LogP contribution in [0.15, 0.2) is 18.2 Å². The van der Waals surface area contributed by atoms with Gasteiger partial charge >= 0.3 is 5.97 Å². The lowest BCUT2D eigenvalue weighted by atomic mass is 9.81. The van der Waals surface area contributed by atoms with Gasteiger partial charge in [0.15, 0.2) is 11.5 Å². The van der Waals surface area contributed by atoms with Crippen molar-refractivity contribution in [3.05, 3.63) is 23.8 Å². The first-order valence-corrected chi connectivity index (χ1v) is 6.20. The second-order valence-corrected chi connectivity index (χ2v) is 5.09. The van der Waals surface area contributed by atoms with E-state index in [1.54, 1.807) is 13.8 Å². The van der Waals surface area contributed by atoms with E-state index in [1.165, 1.54) is 7.11 Å². The van der Waals surface area contributed by atoms with Crippen molar-refractivity contribution in [3.8, 4) is 11.5 Å². The molecule has 0 saturated carbocycles. The number of carbonyl (C=O) groups is 1. The van der Waals surface area contributed by atoms with Crippen LogP contribution in [0.5, 0.6) is 11.5 Å². The first-order valence-electron chi connectivity index (χ1n) is 6.20. The van der Waals surface area contributed by atoms with E-state index in [4.69, 9.17) is 19.9 Å². The molecule has 2 rings (SSSR count). The summed E-state index contributed by atoms with van der Waals surface area (Å²) >= 11 is 0. The lowest BCUT2D eigenvalue weighted by Crippen LogP contribution is -2.37. The number of fused-ring (bicyclic) bond motifs is 1. The smallest absolute Gasteiger partial charge is 0.313 e. The lowest BCUT2D eigenvalue weighted by molar-refractivity contribution is -0.152. The summed E-state index contributed by atoms with van der Waals surface area (Å²) in [6.45, 7) is 4.60. The van der Waals surface area contributed by atoms with E-state index in [9.17, 15) is 4.79 Å². The first kappa shape index (κ1) is 16.6. The Bertz CT molecular complexity index is 490. The monoisotopic (exact) mass is 301 g/mol. The minimum atomic E-state index is -0.807. The average Bonchev–Trinajstić information content (AvgIpc) is 2.44. The summed E-state index contributed by atoms with van der Waals surface area (Å²) in [6.07, 6.45) is 0. The second-order valence-electron chi connectivity index (χ2n) is 5.09. The van der Waals surface area contributed by atoms with Crippen molar-refractivity contribution in [3.63, 3.8) is 0 Å². The molecule has 0 fully saturated rings. The number of halogens is 1. The van der Waals surface area contributed by atoms with Crippen molar-refractivity contribution in [1.29, 1.82) is 0 Å². The zero-order chi connectivity index (χ0) is 14.0. The summed E-state index contributed by atoms with van der Waals surface area (Å²) in [5, 5.41) is 0. The van der Waals surface area contributed by atoms with Crippen molar-refractivity contribution in [2.45, 2.75) is 19.9 Å². The van der Waals surface area contributed by atoms with Gasteiger partial charge in [-0.3, -0.25) is 4.79 Å². The number of ether oxygens (including phenoxy) is 3. The van der Waals surface area contributed by atoms with Gasteiger partial charge in [0.05, 0.1) is 12.5 Å². The lowest BCUT2D eigenvalue weighted by Gasteiger charge is -2.29. The molecule has 112 valence electrons. The molecule has 6 heteroatoms. The Labute approximate surface area is 124 Å². The predicted octanol–water partition coefficient (Wildman–Crippen LogP) is 2.08. The molecule has 1 aliphatic heterocycles. The van der Waals surface area contributed by atoms with Crippen LogP contribution in [-0.4, -0.2) is 26.3 Å². The molecule has 0 saturated heterocycles. The largest absolute Gasteiger partial charge is 0.486 e. The Morgan fingerprint density at radius 2 is 1.90 bits per heavy atom. The normalized spacial score (nSPS) is 15.0. The quantitative estimate of drug-likeness (QED) is 0.866. The molecule has 0 bridgehead atoms. The number of hydrogen-bond acceptors (Lipinski definition) is 5. The van der Waals surface area contributed by atoms with Crippen LogP contribution in [0.25, 0.3) is 0 Å². The van der Waals surface area contributed by atoms with E-state index in [2.05, 4.69) is 0 Å². The standard InChI is InChI=1S/C14H19NO4.ClH/c1-14(2,13(16)17-3)12(15)9-4-5-10-11(8-9)19-7-6-18-10;/h4-5,8,12H,6-7,15H2,1-3H3;1H/t12-;/m0./s1. The van der Waals surface area contributed by atoms with Gasteiger partial charge in [0, 0.05) is 6.04 Å². The van der Waals surface area contributed by atoms with E-state index in [1.807, 2.05) is 18.2 Å². The van der Waals surface area contributed by atoms with Crippen LogP contribution in [0.4, 0.5) is 0 Å². The minimum Gasteiger partial charge on any atom is -0.486 e. The number of methoxy groups -OCH3 is 1. The second kappa shape index (κ2) is 6.33. The molecule has 0 spiro atoms. The maximum atomic E-state index is 11.8. The van der Waals surface area contributed by atoms with E-state index in [-0.39, 0.29) is 18.4 Å². The molecule has 5 nitrogen and oxygen atoms in total. The van der Waals surface area contributed by atoms with Crippen LogP contribution in [0.1, 0.15) is 25.5 Å². The third-order valence-corrected chi connectivity index (χ3v) is 3.41. The number of rotatable bonds is 3. The molecule has 1 aliphatic rings. The van der Waals surface area contributed by atoms with E-state index < -0.39 is 11.5 Å². The molecule has 0 amide bonds. The summed E-state index contributed by atoms with van der Waals surface area (Å²) in [5.41, 5.74) is 6.20. The summed E-state index contributed by atoms with van der Waals surface area (Å²) in [5.74, 6) is 1.04. The minimum absolute atomic E-state index is 0. The maximum Gasteiger partial charge on any atom is 0.313 e. The highest BCUT2D eigenvalue weighted by Gasteiger charge is 2.37. The zero-order valence-corrected chi connectivity index (χ0v) is 12.7. The SMILES string of the molecule is COC(=O)C(C)(C)[C@@H](N)c1ccc2c(c1)OCCO2.Cl. The van der Waals surface area contributed by atoms with E-state index in [0.29, 0.717) is 24.7 Å². The molecular weight excluding hydrogens is 282 g/mol. The zero-order valence-electron chi connectivity index (χ0n) is 11.8. The van der Waals surface area contributed by atoms with Crippen LogP contribution < -0.4 is 15.2 Å². The Balaban J connectivity index is 0.00000200. The average molecular weight is 302 g/mol. The third-order valence-electron chi connectivity index (χ3n) is 3.41. The predicted molar refractivity (Wildman–Crippen MR) is 77.4 cm³/mol. The maximum absolute atomic E-state index is 11.8.